The summed E-state index contributed by atoms with van der Waals surface area (Å²) in [6, 6.07) is 3.51. The van der Waals surface area contributed by atoms with Crippen LogP contribution >= 0.6 is 0 Å². The minimum atomic E-state index is -0.287. The molecule has 7 heteroatoms. The number of hydrogen-bond donors (Lipinski definition) is 1. The van der Waals surface area contributed by atoms with Gasteiger partial charge in [0.05, 0.1) is 24.3 Å². The monoisotopic (exact) mass is 281 g/mol. The zero-order chi connectivity index (χ0) is 14.5. The van der Waals surface area contributed by atoms with E-state index in [-0.39, 0.29) is 5.91 Å². The van der Waals surface area contributed by atoms with Gasteiger partial charge in [-0.2, -0.15) is 0 Å². The highest BCUT2D eigenvalue weighted by Gasteiger charge is 2.02. The molecule has 3 aromatic heterocycles. The molecular formula is C14H11N5O2. The Morgan fingerprint density at radius 3 is 2.86 bits per heavy atom. The van der Waals surface area contributed by atoms with Gasteiger partial charge in [-0.3, -0.25) is 9.36 Å². The fourth-order valence-electron chi connectivity index (χ4n) is 1.62. The Balaban J connectivity index is 1.64. The Kier molecular flexibility index (Phi) is 3.55. The van der Waals surface area contributed by atoms with Gasteiger partial charge in [0.25, 0.3) is 0 Å². The quantitative estimate of drug-likeness (QED) is 0.738. The lowest BCUT2D eigenvalue weighted by Crippen LogP contribution is -2.09. The molecule has 0 aromatic carbocycles. The maximum Gasteiger partial charge on any atom is 0.248 e. The van der Waals surface area contributed by atoms with Gasteiger partial charge in [-0.05, 0) is 18.2 Å². The van der Waals surface area contributed by atoms with E-state index >= 15 is 0 Å². The molecule has 0 aliphatic carbocycles. The molecule has 3 aromatic rings. The van der Waals surface area contributed by atoms with Crippen LogP contribution in [0.25, 0.3) is 12.0 Å². The standard InChI is InChI=1S/C14H11N5O2/c20-13(4-3-12-2-1-7-21-12)18-11-8-16-14(17-9-11)19-6-5-15-10-19/h1-10H,(H,18,20)/b4-3+. The van der Waals surface area contributed by atoms with Crippen LogP contribution in [-0.2, 0) is 4.79 Å². The van der Waals surface area contributed by atoms with Crippen molar-refractivity contribution in [2.24, 2.45) is 0 Å². The van der Waals surface area contributed by atoms with Crippen LogP contribution in [0.15, 0.2) is 60.0 Å². The number of carbonyl (C=O) groups is 1. The van der Waals surface area contributed by atoms with E-state index in [1.807, 2.05) is 0 Å². The minimum Gasteiger partial charge on any atom is -0.465 e. The molecule has 0 unspecified atom stereocenters. The van der Waals surface area contributed by atoms with Crippen molar-refractivity contribution in [3.63, 3.8) is 0 Å². The van der Waals surface area contributed by atoms with Crippen LogP contribution in [0.3, 0.4) is 0 Å². The zero-order valence-corrected chi connectivity index (χ0v) is 10.9. The zero-order valence-electron chi connectivity index (χ0n) is 10.9. The van der Waals surface area contributed by atoms with Gasteiger partial charge in [0.2, 0.25) is 11.9 Å². The number of aromatic nitrogens is 4. The van der Waals surface area contributed by atoms with Crippen LogP contribution in [0.2, 0.25) is 0 Å². The van der Waals surface area contributed by atoms with E-state index in [1.54, 1.807) is 47.8 Å². The molecular weight excluding hydrogens is 270 g/mol. The molecule has 7 nitrogen and oxygen atoms in total. The van der Waals surface area contributed by atoms with Crippen molar-refractivity contribution in [1.29, 1.82) is 0 Å². The van der Waals surface area contributed by atoms with Gasteiger partial charge in [0, 0.05) is 18.5 Å². The molecule has 0 spiro atoms. The van der Waals surface area contributed by atoms with Gasteiger partial charge in [0.1, 0.15) is 12.1 Å². The molecule has 0 aliphatic heterocycles. The van der Waals surface area contributed by atoms with Crippen molar-refractivity contribution in [1.82, 2.24) is 19.5 Å². The summed E-state index contributed by atoms with van der Waals surface area (Å²) in [4.78, 5) is 23.9. The summed E-state index contributed by atoms with van der Waals surface area (Å²) in [7, 11) is 0. The molecule has 3 rings (SSSR count). The van der Waals surface area contributed by atoms with E-state index < -0.39 is 0 Å². The number of carbonyl (C=O) groups excluding carboxylic acids is 1. The lowest BCUT2D eigenvalue weighted by atomic mass is 10.4. The average Bonchev–Trinajstić information content (AvgIpc) is 3.19. The van der Waals surface area contributed by atoms with Crippen molar-refractivity contribution < 1.29 is 9.21 Å². The topological polar surface area (TPSA) is 85.8 Å². The summed E-state index contributed by atoms with van der Waals surface area (Å²) >= 11 is 0. The van der Waals surface area contributed by atoms with Crippen LogP contribution in [0.1, 0.15) is 5.76 Å². The molecule has 0 saturated carbocycles. The van der Waals surface area contributed by atoms with Crippen molar-refractivity contribution in [3.05, 3.63) is 61.3 Å². The van der Waals surface area contributed by atoms with Gasteiger partial charge in [0.15, 0.2) is 0 Å². The highest BCUT2D eigenvalue weighted by Crippen LogP contribution is 2.07. The number of amides is 1. The van der Waals surface area contributed by atoms with Gasteiger partial charge < -0.3 is 9.73 Å². The Morgan fingerprint density at radius 2 is 2.19 bits per heavy atom. The fourth-order valence-corrected chi connectivity index (χ4v) is 1.62. The second-order valence-electron chi connectivity index (χ2n) is 4.08. The smallest absolute Gasteiger partial charge is 0.248 e. The van der Waals surface area contributed by atoms with Crippen LogP contribution in [0, 0.1) is 0 Å². The number of rotatable bonds is 4. The van der Waals surface area contributed by atoms with Gasteiger partial charge in [-0.15, -0.1) is 0 Å². The molecule has 0 atom stereocenters. The second kappa shape index (κ2) is 5.83. The summed E-state index contributed by atoms with van der Waals surface area (Å²) in [6.45, 7) is 0. The van der Waals surface area contributed by atoms with Crippen molar-refractivity contribution in [2.45, 2.75) is 0 Å². The lowest BCUT2D eigenvalue weighted by Gasteiger charge is -2.03. The molecule has 3 heterocycles. The first kappa shape index (κ1) is 12.8. The number of imidazole rings is 1. The van der Waals surface area contributed by atoms with Crippen molar-refractivity contribution in [3.8, 4) is 5.95 Å². The third-order valence-electron chi connectivity index (χ3n) is 2.58. The third-order valence-corrected chi connectivity index (χ3v) is 2.58. The molecule has 21 heavy (non-hydrogen) atoms. The highest BCUT2D eigenvalue weighted by atomic mass is 16.3. The highest BCUT2D eigenvalue weighted by molar-refractivity contribution is 6.01. The predicted molar refractivity (Wildman–Crippen MR) is 75.5 cm³/mol. The summed E-state index contributed by atoms with van der Waals surface area (Å²) in [5, 5.41) is 2.66. The second-order valence-corrected chi connectivity index (χ2v) is 4.08. The van der Waals surface area contributed by atoms with Crippen molar-refractivity contribution in [2.75, 3.05) is 5.32 Å². The minimum absolute atomic E-state index is 0.287. The van der Waals surface area contributed by atoms with E-state index in [1.165, 1.54) is 18.5 Å². The Bertz CT molecular complexity index is 730. The first-order valence-electron chi connectivity index (χ1n) is 6.14. The first-order valence-corrected chi connectivity index (χ1v) is 6.14. The van der Waals surface area contributed by atoms with Gasteiger partial charge >= 0.3 is 0 Å². The Labute approximate surface area is 120 Å². The fraction of sp³-hybridized carbons (Fsp3) is 0. The number of hydrogen-bond acceptors (Lipinski definition) is 5. The normalized spacial score (nSPS) is 10.9. The first-order chi connectivity index (χ1) is 10.3. The Morgan fingerprint density at radius 1 is 1.33 bits per heavy atom. The number of anilines is 1. The molecule has 1 N–H and O–H groups in total. The maximum atomic E-state index is 11.7. The third kappa shape index (κ3) is 3.21. The van der Waals surface area contributed by atoms with E-state index in [9.17, 15) is 4.79 Å². The number of furan rings is 1. The molecule has 0 fully saturated rings. The molecule has 0 bridgehead atoms. The van der Waals surface area contributed by atoms with Crippen molar-refractivity contribution >= 4 is 17.7 Å². The molecule has 0 saturated heterocycles. The average molecular weight is 281 g/mol. The largest absolute Gasteiger partial charge is 0.465 e. The van der Waals surface area contributed by atoms with E-state index in [0.717, 1.165) is 0 Å². The molecule has 104 valence electrons. The maximum absolute atomic E-state index is 11.7. The van der Waals surface area contributed by atoms with Crippen LogP contribution in [0.4, 0.5) is 5.69 Å². The molecule has 0 radical (unpaired) electrons. The summed E-state index contributed by atoms with van der Waals surface area (Å²) < 4.78 is 6.76. The van der Waals surface area contributed by atoms with Crippen LogP contribution in [0.5, 0.6) is 0 Å². The van der Waals surface area contributed by atoms with Crippen LogP contribution < -0.4 is 5.32 Å². The summed E-state index contributed by atoms with van der Waals surface area (Å²) in [5.41, 5.74) is 0.507. The SMILES string of the molecule is O=C(/C=C/c1ccco1)Nc1cnc(-n2ccnc2)nc1. The summed E-state index contributed by atoms with van der Waals surface area (Å²) in [5.74, 6) is 0.805. The predicted octanol–water partition coefficient (Wildman–Crippen LogP) is 1.91. The molecule has 0 aliphatic rings. The van der Waals surface area contributed by atoms with E-state index in [2.05, 4.69) is 20.3 Å². The van der Waals surface area contributed by atoms with Gasteiger partial charge in [-0.1, -0.05) is 0 Å². The molecule has 1 amide bonds. The number of nitrogens with zero attached hydrogens (tertiary/aromatic N) is 4. The van der Waals surface area contributed by atoms with Crippen LogP contribution in [-0.4, -0.2) is 25.4 Å². The van der Waals surface area contributed by atoms with E-state index in [0.29, 0.717) is 17.4 Å². The van der Waals surface area contributed by atoms with Gasteiger partial charge in [-0.25, -0.2) is 15.0 Å². The number of nitrogens with one attached hydrogen (secondary N) is 1. The van der Waals surface area contributed by atoms with E-state index in [4.69, 9.17) is 4.42 Å². The lowest BCUT2D eigenvalue weighted by molar-refractivity contribution is -0.111. The summed E-state index contributed by atoms with van der Waals surface area (Å²) in [6.07, 6.45) is 12.5. The Hall–Kier alpha value is -3.22.